The molecule has 2 atom stereocenters. The lowest BCUT2D eigenvalue weighted by molar-refractivity contribution is 0.0998. The van der Waals surface area contributed by atoms with Crippen LogP contribution in [0.3, 0.4) is 0 Å². The number of aromatic nitrogens is 1. The van der Waals surface area contributed by atoms with Gasteiger partial charge in [-0.2, -0.15) is 0 Å². The molecular formula is C13H22N2OS. The van der Waals surface area contributed by atoms with Crippen molar-refractivity contribution in [1.82, 2.24) is 10.3 Å². The van der Waals surface area contributed by atoms with Gasteiger partial charge in [-0.1, -0.05) is 0 Å². The molecule has 3 nitrogen and oxygen atoms in total. The number of rotatable bonds is 6. The van der Waals surface area contributed by atoms with Gasteiger partial charge in [0.1, 0.15) is 0 Å². The molecule has 1 fully saturated rings. The lowest BCUT2D eigenvalue weighted by Gasteiger charge is -2.17. The standard InChI is InChI=1S/C13H22N2OS/c1-10-9-17-13(15-10)8-11(14-2)5-6-12-4-3-7-16-12/h9,11-12,14H,3-8H2,1-2H3. The molecule has 2 rings (SSSR count). The first kappa shape index (κ1) is 13.0. The lowest BCUT2D eigenvalue weighted by Crippen LogP contribution is -2.28. The lowest BCUT2D eigenvalue weighted by atomic mass is 10.0. The summed E-state index contributed by atoms with van der Waals surface area (Å²) in [7, 11) is 2.04. The van der Waals surface area contributed by atoms with E-state index in [1.54, 1.807) is 11.3 Å². The van der Waals surface area contributed by atoms with Gasteiger partial charge in [0.05, 0.1) is 11.1 Å². The number of nitrogens with zero attached hydrogens (tertiary/aromatic N) is 1. The molecule has 2 heterocycles. The van der Waals surface area contributed by atoms with E-state index in [9.17, 15) is 0 Å². The number of aryl methyl sites for hydroxylation is 1. The van der Waals surface area contributed by atoms with Crippen LogP contribution in [0.5, 0.6) is 0 Å². The monoisotopic (exact) mass is 254 g/mol. The van der Waals surface area contributed by atoms with E-state index >= 15 is 0 Å². The van der Waals surface area contributed by atoms with Crippen LogP contribution in [0.1, 0.15) is 36.4 Å². The molecule has 1 aliphatic rings. The number of hydrogen-bond donors (Lipinski definition) is 1. The molecule has 0 bridgehead atoms. The smallest absolute Gasteiger partial charge is 0.0943 e. The van der Waals surface area contributed by atoms with Crippen molar-refractivity contribution >= 4 is 11.3 Å². The summed E-state index contributed by atoms with van der Waals surface area (Å²) >= 11 is 1.77. The summed E-state index contributed by atoms with van der Waals surface area (Å²) < 4.78 is 5.66. The minimum Gasteiger partial charge on any atom is -0.378 e. The first-order valence-electron chi connectivity index (χ1n) is 6.48. The zero-order valence-corrected chi connectivity index (χ0v) is 11.6. The summed E-state index contributed by atoms with van der Waals surface area (Å²) in [5, 5.41) is 6.77. The van der Waals surface area contributed by atoms with E-state index in [4.69, 9.17) is 4.74 Å². The summed E-state index contributed by atoms with van der Waals surface area (Å²) in [6, 6.07) is 0.532. The van der Waals surface area contributed by atoms with Gasteiger partial charge in [-0.15, -0.1) is 11.3 Å². The third-order valence-electron chi connectivity index (χ3n) is 3.36. The molecule has 1 saturated heterocycles. The zero-order valence-electron chi connectivity index (χ0n) is 10.7. The topological polar surface area (TPSA) is 34.1 Å². The molecule has 0 aromatic carbocycles. The second-order valence-electron chi connectivity index (χ2n) is 4.78. The van der Waals surface area contributed by atoms with Crippen LogP contribution in [0, 0.1) is 6.92 Å². The van der Waals surface area contributed by atoms with Crippen molar-refractivity contribution in [1.29, 1.82) is 0 Å². The van der Waals surface area contributed by atoms with Gasteiger partial charge >= 0.3 is 0 Å². The Hall–Kier alpha value is -0.450. The van der Waals surface area contributed by atoms with Crippen LogP contribution in [-0.4, -0.2) is 30.8 Å². The predicted molar refractivity (Wildman–Crippen MR) is 71.6 cm³/mol. The van der Waals surface area contributed by atoms with E-state index in [2.05, 4.69) is 22.6 Å². The summed E-state index contributed by atoms with van der Waals surface area (Å²) in [6.45, 7) is 3.02. The average molecular weight is 254 g/mol. The van der Waals surface area contributed by atoms with Crippen LogP contribution >= 0.6 is 11.3 Å². The molecule has 0 radical (unpaired) electrons. The summed E-state index contributed by atoms with van der Waals surface area (Å²) in [4.78, 5) is 4.53. The molecule has 17 heavy (non-hydrogen) atoms. The number of thiazole rings is 1. The Balaban J connectivity index is 1.75. The van der Waals surface area contributed by atoms with Crippen molar-refractivity contribution in [2.75, 3.05) is 13.7 Å². The molecule has 1 aromatic heterocycles. The highest BCUT2D eigenvalue weighted by molar-refractivity contribution is 7.09. The zero-order chi connectivity index (χ0) is 12.1. The summed E-state index contributed by atoms with van der Waals surface area (Å²) in [6.07, 6.45) is 6.38. The second kappa shape index (κ2) is 6.47. The molecule has 0 spiro atoms. The van der Waals surface area contributed by atoms with Crippen molar-refractivity contribution in [2.24, 2.45) is 0 Å². The van der Waals surface area contributed by atoms with E-state index < -0.39 is 0 Å². The highest BCUT2D eigenvalue weighted by atomic mass is 32.1. The van der Waals surface area contributed by atoms with Crippen molar-refractivity contribution in [3.8, 4) is 0 Å². The molecule has 96 valence electrons. The maximum absolute atomic E-state index is 5.66. The van der Waals surface area contributed by atoms with E-state index in [1.165, 1.54) is 30.7 Å². The highest BCUT2D eigenvalue weighted by Gasteiger charge is 2.18. The molecule has 4 heteroatoms. The maximum Gasteiger partial charge on any atom is 0.0943 e. The normalized spacial score (nSPS) is 21.9. The largest absolute Gasteiger partial charge is 0.378 e. The van der Waals surface area contributed by atoms with Crippen LogP contribution in [0.25, 0.3) is 0 Å². The van der Waals surface area contributed by atoms with E-state index in [0.29, 0.717) is 12.1 Å². The molecule has 2 unspecified atom stereocenters. The van der Waals surface area contributed by atoms with Crippen LogP contribution < -0.4 is 5.32 Å². The number of ether oxygens (including phenoxy) is 1. The maximum atomic E-state index is 5.66. The Morgan fingerprint density at radius 1 is 1.65 bits per heavy atom. The minimum absolute atomic E-state index is 0.504. The van der Waals surface area contributed by atoms with Crippen LogP contribution in [-0.2, 0) is 11.2 Å². The van der Waals surface area contributed by atoms with Crippen molar-refractivity contribution in [2.45, 2.75) is 51.2 Å². The predicted octanol–water partition coefficient (Wildman–Crippen LogP) is 2.54. The Morgan fingerprint density at radius 2 is 2.53 bits per heavy atom. The molecular weight excluding hydrogens is 232 g/mol. The third-order valence-corrected chi connectivity index (χ3v) is 4.35. The Bertz CT molecular complexity index is 334. The van der Waals surface area contributed by atoms with Crippen LogP contribution in [0.2, 0.25) is 0 Å². The van der Waals surface area contributed by atoms with Gasteiger partial charge in [0, 0.05) is 30.1 Å². The first-order chi connectivity index (χ1) is 8.28. The second-order valence-corrected chi connectivity index (χ2v) is 5.73. The molecule has 0 saturated carbocycles. The fourth-order valence-corrected chi connectivity index (χ4v) is 3.17. The number of hydrogen-bond acceptors (Lipinski definition) is 4. The van der Waals surface area contributed by atoms with E-state index in [1.807, 2.05) is 7.05 Å². The molecule has 1 aliphatic heterocycles. The average Bonchev–Trinajstić information content (AvgIpc) is 2.96. The summed E-state index contributed by atoms with van der Waals surface area (Å²) in [5.41, 5.74) is 1.14. The van der Waals surface area contributed by atoms with Gasteiger partial charge in [0.25, 0.3) is 0 Å². The van der Waals surface area contributed by atoms with Crippen LogP contribution in [0.15, 0.2) is 5.38 Å². The van der Waals surface area contributed by atoms with Gasteiger partial charge < -0.3 is 10.1 Å². The van der Waals surface area contributed by atoms with Crippen LogP contribution in [0.4, 0.5) is 0 Å². The van der Waals surface area contributed by atoms with Gasteiger partial charge in [-0.3, -0.25) is 0 Å². The molecule has 0 aliphatic carbocycles. The van der Waals surface area contributed by atoms with Gasteiger partial charge in [0.2, 0.25) is 0 Å². The van der Waals surface area contributed by atoms with Crippen molar-refractivity contribution < 1.29 is 4.74 Å². The fraction of sp³-hybridized carbons (Fsp3) is 0.769. The Kier molecular flexibility index (Phi) is 4.95. The van der Waals surface area contributed by atoms with Crippen molar-refractivity contribution in [3.05, 3.63) is 16.1 Å². The first-order valence-corrected chi connectivity index (χ1v) is 7.35. The SMILES string of the molecule is CNC(CCC1CCCO1)Cc1nc(C)cs1. The highest BCUT2D eigenvalue weighted by Crippen LogP contribution is 2.19. The quantitative estimate of drug-likeness (QED) is 0.847. The van der Waals surface area contributed by atoms with E-state index in [-0.39, 0.29) is 0 Å². The minimum atomic E-state index is 0.504. The summed E-state index contributed by atoms with van der Waals surface area (Å²) in [5.74, 6) is 0. The van der Waals surface area contributed by atoms with E-state index in [0.717, 1.165) is 18.7 Å². The van der Waals surface area contributed by atoms with Gasteiger partial charge in [-0.25, -0.2) is 4.98 Å². The van der Waals surface area contributed by atoms with Gasteiger partial charge in [0.15, 0.2) is 0 Å². The third kappa shape index (κ3) is 4.05. The Labute approximate surface area is 108 Å². The number of nitrogens with one attached hydrogen (secondary N) is 1. The molecule has 1 aromatic rings. The van der Waals surface area contributed by atoms with Gasteiger partial charge in [-0.05, 0) is 39.7 Å². The number of likely N-dealkylation sites (N-methyl/N-ethyl adjacent to an activating group) is 1. The Morgan fingerprint density at radius 3 is 3.12 bits per heavy atom. The fourth-order valence-electron chi connectivity index (χ4n) is 2.31. The molecule has 1 N–H and O–H groups in total. The molecule has 0 amide bonds. The van der Waals surface area contributed by atoms with Crippen molar-refractivity contribution in [3.63, 3.8) is 0 Å².